The summed E-state index contributed by atoms with van der Waals surface area (Å²) in [6.07, 6.45) is 0.537. The van der Waals surface area contributed by atoms with Gasteiger partial charge in [0.05, 0.1) is 11.8 Å². The molecule has 4 atom stereocenters. The van der Waals surface area contributed by atoms with Crippen molar-refractivity contribution < 1.29 is 29.0 Å². The van der Waals surface area contributed by atoms with Gasteiger partial charge in [-0.15, -0.1) is 0 Å². The molecule has 2 aliphatic carbocycles. The predicted octanol–water partition coefficient (Wildman–Crippen LogP) is 2.71. The highest BCUT2D eigenvalue weighted by Gasteiger charge is 2.55. The lowest BCUT2D eigenvalue weighted by molar-refractivity contribution is -0.148. The van der Waals surface area contributed by atoms with Crippen molar-refractivity contribution in [1.82, 2.24) is 0 Å². The monoisotopic (exact) mass is 358 g/mol. The molecule has 0 saturated carbocycles. The van der Waals surface area contributed by atoms with E-state index in [1.807, 2.05) is 0 Å². The number of carbonyl (C=O) groups is 3. The van der Waals surface area contributed by atoms with E-state index in [2.05, 4.69) is 6.58 Å². The molecule has 0 aromatic rings. The van der Waals surface area contributed by atoms with Crippen LogP contribution in [0.4, 0.5) is 0 Å². The van der Waals surface area contributed by atoms with E-state index in [1.165, 1.54) is 0 Å². The number of ether oxygens (including phenoxy) is 2. The fourth-order valence-corrected chi connectivity index (χ4v) is 4.00. The summed E-state index contributed by atoms with van der Waals surface area (Å²) in [5.41, 5.74) is 2.30. The fraction of sp³-hybridized carbons (Fsp3) is 0.450. The molecule has 6 nitrogen and oxygen atoms in total. The third-order valence-electron chi connectivity index (χ3n) is 5.58. The minimum absolute atomic E-state index is 0.228. The number of carbonyl (C=O) groups excluding carboxylic acids is 3. The van der Waals surface area contributed by atoms with E-state index < -0.39 is 41.8 Å². The maximum absolute atomic E-state index is 12.5. The van der Waals surface area contributed by atoms with Crippen LogP contribution in [-0.4, -0.2) is 35.0 Å². The zero-order valence-electron chi connectivity index (χ0n) is 15.3. The SMILES string of the molecule is C=C1C(=O)OC2C3C(C)=C(O)C(=O)C3=C(C)CC(OC(=O)C(C)=CC)C12. The van der Waals surface area contributed by atoms with Crippen LogP contribution in [0.1, 0.15) is 34.1 Å². The van der Waals surface area contributed by atoms with Gasteiger partial charge in [0.1, 0.15) is 12.2 Å². The minimum atomic E-state index is -0.722. The minimum Gasteiger partial charge on any atom is -0.504 e. The van der Waals surface area contributed by atoms with E-state index >= 15 is 0 Å². The second kappa shape index (κ2) is 6.27. The van der Waals surface area contributed by atoms with Crippen LogP contribution in [0.3, 0.4) is 0 Å². The molecule has 26 heavy (non-hydrogen) atoms. The van der Waals surface area contributed by atoms with Gasteiger partial charge in [0.25, 0.3) is 0 Å². The Balaban J connectivity index is 2.07. The van der Waals surface area contributed by atoms with Gasteiger partial charge >= 0.3 is 11.9 Å². The number of esters is 2. The highest BCUT2D eigenvalue weighted by molar-refractivity contribution is 6.11. The molecule has 3 aliphatic rings. The smallest absolute Gasteiger partial charge is 0.334 e. The van der Waals surface area contributed by atoms with Gasteiger partial charge in [0, 0.05) is 23.1 Å². The quantitative estimate of drug-likeness (QED) is 0.603. The maximum atomic E-state index is 12.5. The Morgan fingerprint density at radius 1 is 1.35 bits per heavy atom. The average Bonchev–Trinajstić information content (AvgIpc) is 2.96. The van der Waals surface area contributed by atoms with Crippen molar-refractivity contribution in [2.45, 2.75) is 46.3 Å². The van der Waals surface area contributed by atoms with Crippen molar-refractivity contribution >= 4 is 17.7 Å². The summed E-state index contributed by atoms with van der Waals surface area (Å²) in [7, 11) is 0. The third-order valence-corrected chi connectivity index (χ3v) is 5.58. The van der Waals surface area contributed by atoms with Crippen molar-refractivity contribution in [3.05, 3.63) is 46.3 Å². The van der Waals surface area contributed by atoms with E-state index in [0.717, 1.165) is 5.57 Å². The molecule has 6 heteroatoms. The number of ketones is 1. The van der Waals surface area contributed by atoms with E-state index in [-0.39, 0.29) is 17.8 Å². The Bertz CT molecular complexity index is 825. The van der Waals surface area contributed by atoms with Gasteiger partial charge in [-0.2, -0.15) is 0 Å². The average molecular weight is 358 g/mol. The van der Waals surface area contributed by atoms with Crippen LogP contribution in [0.15, 0.2) is 46.3 Å². The molecule has 3 rings (SSSR count). The summed E-state index contributed by atoms with van der Waals surface area (Å²) in [5.74, 6) is -2.89. The van der Waals surface area contributed by atoms with Gasteiger partial charge < -0.3 is 14.6 Å². The normalized spacial score (nSPS) is 31.7. The molecule has 0 radical (unpaired) electrons. The van der Waals surface area contributed by atoms with E-state index in [9.17, 15) is 19.5 Å². The van der Waals surface area contributed by atoms with Crippen LogP contribution in [0.5, 0.6) is 0 Å². The van der Waals surface area contributed by atoms with Crippen LogP contribution in [0, 0.1) is 11.8 Å². The van der Waals surface area contributed by atoms with Gasteiger partial charge in [0.2, 0.25) is 5.78 Å². The van der Waals surface area contributed by atoms with Crippen molar-refractivity contribution in [2.24, 2.45) is 11.8 Å². The molecule has 1 N–H and O–H groups in total. The molecule has 1 heterocycles. The van der Waals surface area contributed by atoms with Crippen LogP contribution >= 0.6 is 0 Å². The van der Waals surface area contributed by atoms with Crippen LogP contribution in [-0.2, 0) is 23.9 Å². The van der Waals surface area contributed by atoms with Crippen LogP contribution < -0.4 is 0 Å². The summed E-state index contributed by atoms with van der Waals surface area (Å²) in [6, 6.07) is 0. The fourth-order valence-electron chi connectivity index (χ4n) is 4.00. The Labute approximate surface area is 151 Å². The molecule has 1 saturated heterocycles. The number of allylic oxidation sites excluding steroid dienone is 2. The van der Waals surface area contributed by atoms with Crippen LogP contribution in [0.25, 0.3) is 0 Å². The molecule has 0 amide bonds. The molecule has 0 bridgehead atoms. The van der Waals surface area contributed by atoms with Crippen molar-refractivity contribution in [3.8, 4) is 0 Å². The number of aliphatic hydroxyl groups excluding tert-OH is 1. The molecule has 1 aliphatic heterocycles. The molecule has 4 unspecified atom stereocenters. The molecule has 0 spiro atoms. The number of fused-ring (bicyclic) bond motifs is 3. The number of Topliss-reactive ketones (excluding diaryl/α,β-unsaturated/α-hetero) is 1. The molecular formula is C20H22O6. The van der Waals surface area contributed by atoms with Gasteiger partial charge in [-0.25, -0.2) is 9.59 Å². The Kier molecular flexibility index (Phi) is 4.38. The summed E-state index contributed by atoms with van der Waals surface area (Å²) >= 11 is 0. The first kappa shape index (κ1) is 18.2. The van der Waals surface area contributed by atoms with Crippen LogP contribution in [0.2, 0.25) is 0 Å². The molecule has 138 valence electrons. The Morgan fingerprint density at radius 3 is 2.62 bits per heavy atom. The highest BCUT2D eigenvalue weighted by Crippen LogP contribution is 2.49. The summed E-state index contributed by atoms with van der Waals surface area (Å²) in [5, 5.41) is 10.1. The molecule has 0 aromatic carbocycles. The van der Waals surface area contributed by atoms with E-state index in [4.69, 9.17) is 9.47 Å². The first-order valence-corrected chi connectivity index (χ1v) is 8.56. The lowest BCUT2D eigenvalue weighted by Gasteiger charge is -2.27. The lowest BCUT2D eigenvalue weighted by atomic mass is 9.82. The van der Waals surface area contributed by atoms with Gasteiger partial charge in [-0.05, 0) is 33.3 Å². The maximum Gasteiger partial charge on any atom is 0.334 e. The standard InChI is InChI=1S/C20H22O6/c1-6-8(2)19(23)25-12-7-9(3)13-15(10(4)16(21)17(13)22)18-14(12)11(5)20(24)26-18/h6,12,14-15,18,21H,5,7H2,1-4H3. The second-order valence-corrected chi connectivity index (χ2v) is 7.07. The third kappa shape index (κ3) is 2.52. The zero-order valence-corrected chi connectivity index (χ0v) is 15.3. The topological polar surface area (TPSA) is 89.9 Å². The Morgan fingerprint density at radius 2 is 2.00 bits per heavy atom. The van der Waals surface area contributed by atoms with E-state index in [0.29, 0.717) is 16.7 Å². The largest absolute Gasteiger partial charge is 0.504 e. The van der Waals surface area contributed by atoms with Crippen molar-refractivity contribution in [2.75, 3.05) is 0 Å². The number of rotatable bonds is 2. The highest BCUT2D eigenvalue weighted by atomic mass is 16.6. The number of aliphatic hydroxyl groups is 1. The van der Waals surface area contributed by atoms with Gasteiger partial charge in [0.15, 0.2) is 5.76 Å². The zero-order chi connectivity index (χ0) is 19.3. The molecule has 1 fully saturated rings. The Hall–Kier alpha value is -2.63. The van der Waals surface area contributed by atoms with Gasteiger partial charge in [-0.1, -0.05) is 18.2 Å². The van der Waals surface area contributed by atoms with Crippen molar-refractivity contribution in [3.63, 3.8) is 0 Å². The lowest BCUT2D eigenvalue weighted by Crippen LogP contribution is -2.36. The van der Waals surface area contributed by atoms with Crippen molar-refractivity contribution in [1.29, 1.82) is 0 Å². The number of hydrogen-bond donors (Lipinski definition) is 1. The van der Waals surface area contributed by atoms with Gasteiger partial charge in [-0.3, -0.25) is 4.79 Å². The predicted molar refractivity (Wildman–Crippen MR) is 93.0 cm³/mol. The summed E-state index contributed by atoms with van der Waals surface area (Å²) in [6.45, 7) is 10.6. The first-order valence-electron chi connectivity index (χ1n) is 8.56. The van der Waals surface area contributed by atoms with E-state index in [1.54, 1.807) is 33.8 Å². The molecule has 0 aromatic heterocycles. The summed E-state index contributed by atoms with van der Waals surface area (Å²) in [4.78, 5) is 37.0. The molecular weight excluding hydrogens is 336 g/mol. The second-order valence-electron chi connectivity index (χ2n) is 7.07. The first-order chi connectivity index (χ1) is 12.2. The summed E-state index contributed by atoms with van der Waals surface area (Å²) < 4.78 is 11.2. The number of hydrogen-bond acceptors (Lipinski definition) is 6.